The van der Waals surface area contributed by atoms with Gasteiger partial charge in [0, 0.05) is 31.0 Å². The largest absolute Gasteiger partial charge is 0.454 e. The van der Waals surface area contributed by atoms with Crippen LogP contribution in [0.1, 0.15) is 31.2 Å². The zero-order chi connectivity index (χ0) is 20.9. The number of amides is 1. The summed E-state index contributed by atoms with van der Waals surface area (Å²) in [5, 5.41) is 0. The summed E-state index contributed by atoms with van der Waals surface area (Å²) in [5.74, 6) is 6.51. The molecular weight excluding hydrogens is 381 g/mol. The Kier molecular flexibility index (Phi) is 5.80. The number of hydrogen-bond acceptors (Lipinski definition) is 3. The summed E-state index contributed by atoms with van der Waals surface area (Å²) in [6, 6.07) is 12.1. The van der Waals surface area contributed by atoms with Crippen LogP contribution in [0.3, 0.4) is 0 Å². The average molecular weight is 403 g/mol. The molecule has 152 valence electrons. The van der Waals surface area contributed by atoms with Crippen molar-refractivity contribution in [2.75, 3.05) is 13.1 Å². The minimum absolute atomic E-state index is 0.126. The maximum absolute atomic E-state index is 14.0. The number of nitrogens with one attached hydrogen (secondary N) is 1. The van der Waals surface area contributed by atoms with Crippen molar-refractivity contribution in [3.8, 4) is 34.7 Å². The van der Waals surface area contributed by atoms with Crippen molar-refractivity contribution in [1.29, 1.82) is 0 Å². The van der Waals surface area contributed by atoms with Gasteiger partial charge in [-0.05, 0) is 67.5 Å². The van der Waals surface area contributed by atoms with Gasteiger partial charge in [0.2, 0.25) is 0 Å². The second-order valence-electron chi connectivity index (χ2n) is 7.16. The number of piperidine rings is 1. The van der Waals surface area contributed by atoms with Crippen molar-refractivity contribution in [2.24, 2.45) is 0 Å². The summed E-state index contributed by atoms with van der Waals surface area (Å²) >= 11 is 0. The summed E-state index contributed by atoms with van der Waals surface area (Å²) in [6.45, 7) is 2.96. The SMILES string of the molecule is CC#CC(=O)N1CCC(c2cc(Oc3ccccc3F)ccc2-c2ncc[nH]2)CC1. The lowest BCUT2D eigenvalue weighted by Gasteiger charge is -2.32. The van der Waals surface area contributed by atoms with Crippen molar-refractivity contribution in [3.63, 3.8) is 0 Å². The maximum atomic E-state index is 14.0. The predicted octanol–water partition coefficient (Wildman–Crippen LogP) is 4.74. The second kappa shape index (κ2) is 8.83. The number of imidazole rings is 1. The third-order valence-corrected chi connectivity index (χ3v) is 5.29. The summed E-state index contributed by atoms with van der Waals surface area (Å²) in [6.07, 6.45) is 5.13. The first-order valence-corrected chi connectivity index (χ1v) is 9.93. The predicted molar refractivity (Wildman–Crippen MR) is 113 cm³/mol. The fourth-order valence-corrected chi connectivity index (χ4v) is 3.80. The van der Waals surface area contributed by atoms with Crippen LogP contribution in [-0.4, -0.2) is 33.9 Å². The van der Waals surface area contributed by atoms with Gasteiger partial charge in [-0.3, -0.25) is 4.79 Å². The Balaban J connectivity index is 1.62. The van der Waals surface area contributed by atoms with Crippen molar-refractivity contribution in [2.45, 2.75) is 25.7 Å². The number of halogens is 1. The maximum Gasteiger partial charge on any atom is 0.298 e. The number of nitrogens with zero attached hydrogens (tertiary/aromatic N) is 2. The molecule has 0 aliphatic carbocycles. The van der Waals surface area contributed by atoms with Gasteiger partial charge >= 0.3 is 0 Å². The molecule has 1 aromatic heterocycles. The molecule has 0 spiro atoms. The zero-order valence-electron chi connectivity index (χ0n) is 16.7. The molecule has 0 saturated carbocycles. The number of carbonyl (C=O) groups is 1. The molecule has 2 heterocycles. The molecule has 5 nitrogen and oxygen atoms in total. The summed E-state index contributed by atoms with van der Waals surface area (Å²) in [5.41, 5.74) is 2.06. The Labute approximate surface area is 174 Å². The highest BCUT2D eigenvalue weighted by molar-refractivity contribution is 5.93. The lowest BCUT2D eigenvalue weighted by atomic mass is 9.86. The average Bonchev–Trinajstić information content (AvgIpc) is 3.30. The third kappa shape index (κ3) is 4.20. The molecule has 0 unspecified atom stereocenters. The van der Waals surface area contributed by atoms with Gasteiger partial charge in [0.15, 0.2) is 11.6 Å². The van der Waals surface area contributed by atoms with E-state index in [-0.39, 0.29) is 17.6 Å². The fourth-order valence-electron chi connectivity index (χ4n) is 3.80. The van der Waals surface area contributed by atoms with E-state index in [1.165, 1.54) is 6.07 Å². The van der Waals surface area contributed by atoms with Crippen LogP contribution in [0.2, 0.25) is 0 Å². The topological polar surface area (TPSA) is 58.2 Å². The number of H-pyrrole nitrogens is 1. The van der Waals surface area contributed by atoms with E-state index < -0.39 is 5.82 Å². The van der Waals surface area contributed by atoms with E-state index in [9.17, 15) is 9.18 Å². The molecule has 1 N–H and O–H groups in total. The number of carbonyl (C=O) groups excluding carboxylic acids is 1. The van der Waals surface area contributed by atoms with Crippen LogP contribution in [0.5, 0.6) is 11.5 Å². The number of para-hydroxylation sites is 1. The fraction of sp³-hybridized carbons (Fsp3) is 0.250. The third-order valence-electron chi connectivity index (χ3n) is 5.29. The number of likely N-dealkylation sites (tertiary alicyclic amines) is 1. The highest BCUT2D eigenvalue weighted by atomic mass is 19.1. The first kappa shape index (κ1) is 19.7. The Hall–Kier alpha value is -3.59. The normalized spacial score (nSPS) is 14.1. The Bertz CT molecular complexity index is 1090. The number of hydrogen-bond donors (Lipinski definition) is 1. The van der Waals surface area contributed by atoms with E-state index in [0.29, 0.717) is 18.8 Å². The van der Waals surface area contributed by atoms with Crippen LogP contribution in [0.25, 0.3) is 11.4 Å². The van der Waals surface area contributed by atoms with E-state index in [4.69, 9.17) is 4.74 Å². The highest BCUT2D eigenvalue weighted by Crippen LogP contribution is 2.37. The molecular formula is C24H22FN3O2. The minimum atomic E-state index is -0.405. The minimum Gasteiger partial charge on any atom is -0.454 e. The summed E-state index contributed by atoms with van der Waals surface area (Å²) < 4.78 is 19.8. The number of rotatable bonds is 4. The van der Waals surface area contributed by atoms with Crippen LogP contribution in [0, 0.1) is 17.7 Å². The van der Waals surface area contributed by atoms with Crippen molar-refractivity contribution >= 4 is 5.91 Å². The van der Waals surface area contributed by atoms with E-state index in [2.05, 4.69) is 21.8 Å². The van der Waals surface area contributed by atoms with Crippen molar-refractivity contribution in [3.05, 3.63) is 66.2 Å². The Morgan fingerprint density at radius 2 is 2.03 bits per heavy atom. The lowest BCUT2D eigenvalue weighted by Crippen LogP contribution is -2.37. The molecule has 6 heteroatoms. The molecule has 1 aliphatic rings. The molecule has 4 rings (SSSR count). The molecule has 1 fully saturated rings. The second-order valence-corrected chi connectivity index (χ2v) is 7.16. The van der Waals surface area contributed by atoms with Crippen LogP contribution in [-0.2, 0) is 4.79 Å². The van der Waals surface area contributed by atoms with E-state index in [1.54, 1.807) is 42.4 Å². The van der Waals surface area contributed by atoms with Crippen LogP contribution >= 0.6 is 0 Å². The monoisotopic (exact) mass is 403 g/mol. The van der Waals surface area contributed by atoms with Gasteiger partial charge in [-0.1, -0.05) is 18.1 Å². The van der Waals surface area contributed by atoms with Crippen molar-refractivity contribution in [1.82, 2.24) is 14.9 Å². The van der Waals surface area contributed by atoms with E-state index in [0.717, 1.165) is 29.8 Å². The van der Waals surface area contributed by atoms with Crippen LogP contribution < -0.4 is 4.74 Å². The van der Waals surface area contributed by atoms with Crippen LogP contribution in [0.15, 0.2) is 54.9 Å². The molecule has 1 aliphatic heterocycles. The summed E-state index contributed by atoms with van der Waals surface area (Å²) in [4.78, 5) is 21.4. The molecule has 3 aromatic rings. The molecule has 1 saturated heterocycles. The first-order chi connectivity index (χ1) is 14.7. The number of aromatic nitrogens is 2. The smallest absolute Gasteiger partial charge is 0.298 e. The van der Waals surface area contributed by atoms with E-state index >= 15 is 0 Å². The van der Waals surface area contributed by atoms with Crippen molar-refractivity contribution < 1.29 is 13.9 Å². The molecule has 0 bridgehead atoms. The van der Waals surface area contributed by atoms with E-state index in [1.807, 2.05) is 18.2 Å². The van der Waals surface area contributed by atoms with Gasteiger partial charge in [-0.2, -0.15) is 0 Å². The summed E-state index contributed by atoms with van der Waals surface area (Å²) in [7, 11) is 0. The highest BCUT2D eigenvalue weighted by Gasteiger charge is 2.26. The van der Waals surface area contributed by atoms with Crippen LogP contribution in [0.4, 0.5) is 4.39 Å². The van der Waals surface area contributed by atoms with Gasteiger partial charge in [0.05, 0.1) is 0 Å². The van der Waals surface area contributed by atoms with Gasteiger partial charge in [-0.25, -0.2) is 9.37 Å². The van der Waals surface area contributed by atoms with Gasteiger partial charge in [0.1, 0.15) is 11.6 Å². The molecule has 1 amide bonds. The number of aromatic amines is 1. The Morgan fingerprint density at radius 3 is 2.73 bits per heavy atom. The zero-order valence-corrected chi connectivity index (χ0v) is 16.7. The van der Waals surface area contributed by atoms with Gasteiger partial charge in [-0.15, -0.1) is 0 Å². The number of ether oxygens (including phenoxy) is 1. The molecule has 0 atom stereocenters. The molecule has 30 heavy (non-hydrogen) atoms. The molecule has 2 aromatic carbocycles. The Morgan fingerprint density at radius 1 is 1.23 bits per heavy atom. The van der Waals surface area contributed by atoms with Gasteiger partial charge < -0.3 is 14.6 Å². The standard InChI is InChI=1S/C24H22FN3O2/c1-2-5-23(29)28-14-10-17(11-15-28)20-16-18(30-22-7-4-3-6-21(22)25)8-9-19(20)24-26-12-13-27-24/h3-4,6-9,12-13,16-17H,10-11,14-15H2,1H3,(H,26,27). The molecule has 0 radical (unpaired) electrons. The number of benzene rings is 2. The quantitative estimate of drug-likeness (QED) is 0.641. The van der Waals surface area contributed by atoms with Gasteiger partial charge in [0.25, 0.3) is 5.91 Å². The lowest BCUT2D eigenvalue weighted by molar-refractivity contribution is -0.126. The first-order valence-electron chi connectivity index (χ1n) is 9.93.